The number of amides is 1. The minimum absolute atomic E-state index is 0.198. The molecule has 8 heteroatoms. The van der Waals surface area contributed by atoms with Crippen LogP contribution in [-0.2, 0) is 14.8 Å². The number of halogens is 3. The van der Waals surface area contributed by atoms with Crippen LogP contribution in [0.2, 0.25) is 0 Å². The van der Waals surface area contributed by atoms with Crippen molar-refractivity contribution in [2.75, 3.05) is 4.31 Å². The number of rotatable bonds is 1. The molecule has 4 rings (SSSR count). The van der Waals surface area contributed by atoms with E-state index in [2.05, 4.69) is 0 Å². The van der Waals surface area contributed by atoms with Crippen LogP contribution in [0.1, 0.15) is 6.42 Å². The van der Waals surface area contributed by atoms with Crippen molar-refractivity contribution in [3.8, 4) is 0 Å². The normalized spacial score (nSPS) is 34.5. The summed E-state index contributed by atoms with van der Waals surface area (Å²) >= 11 is 0. The molecule has 22 heavy (non-hydrogen) atoms. The third-order valence-electron chi connectivity index (χ3n) is 4.70. The van der Waals surface area contributed by atoms with Crippen LogP contribution < -0.4 is 4.31 Å². The van der Waals surface area contributed by atoms with E-state index in [1.165, 1.54) is 0 Å². The lowest BCUT2D eigenvalue weighted by molar-refractivity contribution is -0.120. The van der Waals surface area contributed by atoms with E-state index in [4.69, 9.17) is 0 Å². The van der Waals surface area contributed by atoms with Crippen LogP contribution >= 0.6 is 0 Å². The molecule has 2 aliphatic carbocycles. The van der Waals surface area contributed by atoms with E-state index in [1.54, 1.807) is 12.2 Å². The summed E-state index contributed by atoms with van der Waals surface area (Å²) in [5.41, 5.74) is -0.752. The molecule has 1 saturated carbocycles. The van der Waals surface area contributed by atoms with Gasteiger partial charge in [0.2, 0.25) is 15.9 Å². The molecule has 0 N–H and O–H groups in total. The number of benzene rings is 1. The third kappa shape index (κ3) is 1.48. The first kappa shape index (κ1) is 13.8. The van der Waals surface area contributed by atoms with Crippen molar-refractivity contribution in [3.05, 3.63) is 41.7 Å². The molecule has 1 heterocycles. The summed E-state index contributed by atoms with van der Waals surface area (Å²) < 4.78 is 65.9. The highest BCUT2D eigenvalue weighted by Gasteiger charge is 2.63. The molecule has 1 aliphatic heterocycles. The highest BCUT2D eigenvalue weighted by molar-refractivity contribution is 7.94. The summed E-state index contributed by atoms with van der Waals surface area (Å²) in [6.07, 6.45) is 4.13. The number of nitrogens with zero attached hydrogens (tertiary/aromatic N) is 1. The minimum Gasteiger partial charge on any atom is -0.273 e. The lowest BCUT2D eigenvalue weighted by Crippen LogP contribution is -2.34. The first-order valence-electron chi connectivity index (χ1n) is 6.74. The predicted molar refractivity (Wildman–Crippen MR) is 70.7 cm³/mol. The Morgan fingerprint density at radius 1 is 1.05 bits per heavy atom. The molecule has 2 bridgehead atoms. The number of fused-ring (bicyclic) bond motifs is 5. The summed E-state index contributed by atoms with van der Waals surface area (Å²) in [6, 6.07) is 1.39. The Morgan fingerprint density at radius 2 is 1.73 bits per heavy atom. The fraction of sp³-hybridized carbons (Fsp3) is 0.357. The maximum Gasteiger partial charge on any atom is 0.246 e. The average molecular weight is 329 g/mol. The maximum absolute atomic E-state index is 13.9. The van der Waals surface area contributed by atoms with Gasteiger partial charge in [0.25, 0.3) is 0 Å². The van der Waals surface area contributed by atoms with Gasteiger partial charge in [-0.2, -0.15) is 0 Å². The summed E-state index contributed by atoms with van der Waals surface area (Å²) in [6.45, 7) is 0. The van der Waals surface area contributed by atoms with Crippen LogP contribution in [-0.4, -0.2) is 19.6 Å². The van der Waals surface area contributed by atoms with Crippen LogP contribution in [0, 0.1) is 35.2 Å². The van der Waals surface area contributed by atoms with Gasteiger partial charge in [0, 0.05) is 0 Å². The molecule has 2 fully saturated rings. The Balaban J connectivity index is 1.88. The molecule has 1 saturated heterocycles. The molecule has 0 radical (unpaired) electrons. The minimum atomic E-state index is -4.15. The summed E-state index contributed by atoms with van der Waals surface area (Å²) in [5, 5.41) is -0.942. The zero-order valence-corrected chi connectivity index (χ0v) is 11.9. The fourth-order valence-electron chi connectivity index (χ4n) is 3.82. The van der Waals surface area contributed by atoms with Gasteiger partial charge in [-0.15, -0.1) is 0 Å². The quantitative estimate of drug-likeness (QED) is 0.585. The lowest BCUT2D eigenvalue weighted by atomic mass is 9.92. The number of anilines is 1. The second-order valence-electron chi connectivity index (χ2n) is 5.78. The van der Waals surface area contributed by atoms with Crippen LogP contribution in [0.4, 0.5) is 18.9 Å². The van der Waals surface area contributed by atoms with Crippen LogP contribution in [0.15, 0.2) is 24.3 Å². The lowest BCUT2D eigenvalue weighted by Gasteiger charge is -2.19. The van der Waals surface area contributed by atoms with Crippen molar-refractivity contribution in [2.24, 2.45) is 17.8 Å². The maximum atomic E-state index is 13.9. The summed E-state index contributed by atoms with van der Waals surface area (Å²) in [4.78, 5) is 12.5. The van der Waals surface area contributed by atoms with E-state index >= 15 is 0 Å². The van der Waals surface area contributed by atoms with E-state index < -0.39 is 50.2 Å². The second kappa shape index (κ2) is 4.13. The summed E-state index contributed by atoms with van der Waals surface area (Å²) in [7, 11) is -4.15. The van der Waals surface area contributed by atoms with Crippen LogP contribution in [0.3, 0.4) is 0 Å². The molecule has 1 aromatic rings. The second-order valence-corrected chi connectivity index (χ2v) is 7.72. The predicted octanol–water partition coefficient (Wildman–Crippen LogP) is 1.97. The fourth-order valence-corrected chi connectivity index (χ4v) is 6.18. The molecule has 3 aliphatic rings. The van der Waals surface area contributed by atoms with Crippen molar-refractivity contribution < 1.29 is 26.4 Å². The third-order valence-corrected chi connectivity index (χ3v) is 6.92. The molecule has 4 atom stereocenters. The number of hydrogen-bond acceptors (Lipinski definition) is 3. The first-order valence-corrected chi connectivity index (χ1v) is 8.24. The standard InChI is InChI=1S/C14H10F3NO3S/c15-8-3-4-9(12(17)11(8)16)18-14(19)10-6-1-2-7(5-6)13(10)22(18,20)21/h1-4,6-7,10,13H,5H2/t6?,7-,10-,13+/m0/s1. The van der Waals surface area contributed by atoms with Gasteiger partial charge in [0.05, 0.1) is 16.9 Å². The topological polar surface area (TPSA) is 54.5 Å². The molecular weight excluding hydrogens is 319 g/mol. The van der Waals surface area contributed by atoms with Gasteiger partial charge >= 0.3 is 0 Å². The van der Waals surface area contributed by atoms with Gasteiger partial charge < -0.3 is 0 Å². The van der Waals surface area contributed by atoms with Gasteiger partial charge in [-0.1, -0.05) is 12.2 Å². The molecule has 1 amide bonds. The number of hydrogen-bond donors (Lipinski definition) is 0. The largest absolute Gasteiger partial charge is 0.273 e. The molecule has 116 valence electrons. The molecule has 0 spiro atoms. The van der Waals surface area contributed by atoms with Gasteiger partial charge in [0.15, 0.2) is 17.5 Å². The van der Waals surface area contributed by atoms with Crippen molar-refractivity contribution in [3.63, 3.8) is 0 Å². The molecule has 1 aromatic carbocycles. The van der Waals surface area contributed by atoms with Crippen molar-refractivity contribution in [1.82, 2.24) is 0 Å². The van der Waals surface area contributed by atoms with Gasteiger partial charge in [0.1, 0.15) is 0 Å². The zero-order chi connectivity index (χ0) is 15.8. The Bertz CT molecular complexity index is 836. The number of sulfonamides is 1. The van der Waals surface area contributed by atoms with E-state index in [-0.39, 0.29) is 11.8 Å². The molecule has 4 nitrogen and oxygen atoms in total. The highest BCUT2D eigenvalue weighted by Crippen LogP contribution is 2.53. The molecule has 0 aromatic heterocycles. The monoisotopic (exact) mass is 329 g/mol. The van der Waals surface area contributed by atoms with Crippen LogP contribution in [0.25, 0.3) is 0 Å². The number of carbonyl (C=O) groups excluding carboxylic acids is 1. The average Bonchev–Trinajstić information content (AvgIpc) is 3.12. The Kier molecular flexibility index (Phi) is 2.59. The number of carbonyl (C=O) groups is 1. The summed E-state index contributed by atoms with van der Waals surface area (Å²) in [5.74, 6) is -6.93. The first-order chi connectivity index (χ1) is 10.3. The molecule has 1 unspecified atom stereocenters. The van der Waals surface area contributed by atoms with E-state index in [9.17, 15) is 26.4 Å². The smallest absolute Gasteiger partial charge is 0.246 e. The van der Waals surface area contributed by atoms with E-state index in [0.29, 0.717) is 16.8 Å². The van der Waals surface area contributed by atoms with Gasteiger partial charge in [-0.05, 0) is 30.4 Å². The Labute approximate surface area is 124 Å². The van der Waals surface area contributed by atoms with E-state index in [0.717, 1.165) is 6.07 Å². The zero-order valence-electron chi connectivity index (χ0n) is 11.0. The van der Waals surface area contributed by atoms with Crippen molar-refractivity contribution in [2.45, 2.75) is 11.7 Å². The Hall–Kier alpha value is -1.83. The van der Waals surface area contributed by atoms with Gasteiger partial charge in [-0.3, -0.25) is 4.79 Å². The Morgan fingerprint density at radius 3 is 2.41 bits per heavy atom. The van der Waals surface area contributed by atoms with Crippen molar-refractivity contribution in [1.29, 1.82) is 0 Å². The molecular formula is C14H10F3NO3S. The SMILES string of the molecule is O=C1[C@H]2C3C=C[C@@H](C3)[C@H]2S(=O)(=O)N1c1ccc(F)c(F)c1F. The number of allylic oxidation sites excluding steroid dienone is 2. The van der Waals surface area contributed by atoms with Crippen LogP contribution in [0.5, 0.6) is 0 Å². The van der Waals surface area contributed by atoms with E-state index in [1.807, 2.05) is 0 Å². The highest BCUT2D eigenvalue weighted by atomic mass is 32.2. The van der Waals surface area contributed by atoms with Gasteiger partial charge in [-0.25, -0.2) is 25.9 Å². The van der Waals surface area contributed by atoms with Crippen molar-refractivity contribution >= 4 is 21.6 Å².